The lowest BCUT2D eigenvalue weighted by molar-refractivity contribution is 0.743. The molecule has 0 amide bonds. The number of hydrogen-bond donors (Lipinski definition) is 2. The van der Waals surface area contributed by atoms with Crippen LogP contribution in [-0.4, -0.2) is 10.2 Å². The number of aromatic nitrogens is 2. The number of rotatable bonds is 3. The molecule has 0 aliphatic carbocycles. The SMILES string of the molecule is CCC(c1ccc(Cl)cc1)c1cc(N)n[nH]1. The number of nitrogens with one attached hydrogen (secondary N) is 1. The molecule has 16 heavy (non-hydrogen) atoms. The molecule has 0 fully saturated rings. The molecule has 4 heteroatoms. The lowest BCUT2D eigenvalue weighted by Crippen LogP contribution is -1.99. The second kappa shape index (κ2) is 4.58. The Hall–Kier alpha value is -1.48. The van der Waals surface area contributed by atoms with Gasteiger partial charge in [-0.25, -0.2) is 0 Å². The second-order valence-corrected chi connectivity index (χ2v) is 4.20. The van der Waals surface area contributed by atoms with Crippen LogP contribution in [0.5, 0.6) is 0 Å². The normalized spacial score (nSPS) is 12.6. The first-order chi connectivity index (χ1) is 7.70. The van der Waals surface area contributed by atoms with Gasteiger partial charge in [0.1, 0.15) is 5.82 Å². The first-order valence-corrected chi connectivity index (χ1v) is 5.64. The molecule has 84 valence electrons. The lowest BCUT2D eigenvalue weighted by Gasteiger charge is -2.13. The fraction of sp³-hybridized carbons (Fsp3) is 0.250. The van der Waals surface area contributed by atoms with Crippen LogP contribution in [0.15, 0.2) is 30.3 Å². The Balaban J connectivity index is 2.32. The summed E-state index contributed by atoms with van der Waals surface area (Å²) in [6.45, 7) is 2.14. The number of hydrogen-bond acceptors (Lipinski definition) is 2. The fourth-order valence-corrected chi connectivity index (χ4v) is 1.99. The highest BCUT2D eigenvalue weighted by Gasteiger charge is 2.14. The number of nitrogen functional groups attached to an aromatic ring is 1. The van der Waals surface area contributed by atoms with E-state index in [9.17, 15) is 0 Å². The molecular weight excluding hydrogens is 222 g/mol. The predicted octanol–water partition coefficient (Wildman–Crippen LogP) is 3.19. The largest absolute Gasteiger partial charge is 0.382 e. The number of anilines is 1. The molecule has 0 spiro atoms. The molecule has 0 bridgehead atoms. The van der Waals surface area contributed by atoms with E-state index in [0.29, 0.717) is 11.7 Å². The van der Waals surface area contributed by atoms with Crippen molar-refractivity contribution in [2.75, 3.05) is 5.73 Å². The smallest absolute Gasteiger partial charge is 0.145 e. The third-order valence-electron chi connectivity index (χ3n) is 2.67. The molecular formula is C12H14ClN3. The number of halogens is 1. The van der Waals surface area contributed by atoms with E-state index in [1.54, 1.807) is 0 Å². The zero-order valence-electron chi connectivity index (χ0n) is 9.07. The number of nitrogens with two attached hydrogens (primary N) is 1. The Morgan fingerprint density at radius 2 is 2.06 bits per heavy atom. The van der Waals surface area contributed by atoms with Crippen molar-refractivity contribution in [1.82, 2.24) is 10.2 Å². The van der Waals surface area contributed by atoms with E-state index in [1.807, 2.05) is 30.3 Å². The van der Waals surface area contributed by atoms with Crippen molar-refractivity contribution < 1.29 is 0 Å². The van der Waals surface area contributed by atoms with Gasteiger partial charge in [0.25, 0.3) is 0 Å². The molecule has 1 unspecified atom stereocenters. The Labute approximate surface area is 99.6 Å². The molecule has 2 aromatic rings. The quantitative estimate of drug-likeness (QED) is 0.859. The van der Waals surface area contributed by atoms with Crippen LogP contribution < -0.4 is 5.73 Å². The van der Waals surface area contributed by atoms with E-state index in [0.717, 1.165) is 17.1 Å². The summed E-state index contributed by atoms with van der Waals surface area (Å²) in [5.74, 6) is 0.824. The van der Waals surface area contributed by atoms with Gasteiger partial charge in [-0.1, -0.05) is 30.7 Å². The summed E-state index contributed by atoms with van der Waals surface area (Å²) >= 11 is 5.87. The average Bonchev–Trinajstić information content (AvgIpc) is 2.69. The molecule has 0 aliphatic heterocycles. The third kappa shape index (κ3) is 2.19. The van der Waals surface area contributed by atoms with Crippen molar-refractivity contribution in [3.05, 3.63) is 46.6 Å². The Morgan fingerprint density at radius 3 is 2.56 bits per heavy atom. The van der Waals surface area contributed by atoms with E-state index >= 15 is 0 Å². The summed E-state index contributed by atoms with van der Waals surface area (Å²) in [4.78, 5) is 0. The van der Waals surface area contributed by atoms with E-state index in [4.69, 9.17) is 17.3 Å². The minimum absolute atomic E-state index is 0.294. The third-order valence-corrected chi connectivity index (χ3v) is 2.93. The highest BCUT2D eigenvalue weighted by molar-refractivity contribution is 6.30. The van der Waals surface area contributed by atoms with Crippen molar-refractivity contribution in [1.29, 1.82) is 0 Å². The molecule has 2 rings (SSSR count). The number of benzene rings is 1. The molecule has 3 nitrogen and oxygen atoms in total. The molecule has 3 N–H and O–H groups in total. The van der Waals surface area contributed by atoms with E-state index in [1.165, 1.54) is 5.56 Å². The molecule has 0 saturated carbocycles. The minimum Gasteiger partial charge on any atom is -0.382 e. The molecule has 0 saturated heterocycles. The van der Waals surface area contributed by atoms with Crippen LogP contribution in [0.25, 0.3) is 0 Å². The van der Waals surface area contributed by atoms with Gasteiger partial charge in [0.2, 0.25) is 0 Å². The highest BCUT2D eigenvalue weighted by Crippen LogP contribution is 2.27. The van der Waals surface area contributed by atoms with Crippen molar-refractivity contribution >= 4 is 17.4 Å². The molecule has 0 radical (unpaired) electrons. The van der Waals surface area contributed by atoms with Gasteiger partial charge in [0, 0.05) is 22.7 Å². The van der Waals surface area contributed by atoms with Crippen LogP contribution in [0.3, 0.4) is 0 Å². The van der Waals surface area contributed by atoms with Gasteiger partial charge >= 0.3 is 0 Å². The Kier molecular flexibility index (Phi) is 3.15. The number of H-pyrrole nitrogens is 1. The van der Waals surface area contributed by atoms with Crippen LogP contribution in [0.4, 0.5) is 5.82 Å². The van der Waals surface area contributed by atoms with Gasteiger partial charge in [-0.2, -0.15) is 5.10 Å². The first kappa shape index (κ1) is 11.0. The standard InChI is InChI=1S/C12H14ClN3/c1-2-10(11-7-12(14)16-15-11)8-3-5-9(13)6-4-8/h3-7,10H,2H2,1H3,(H3,14,15,16). The van der Waals surface area contributed by atoms with E-state index in [2.05, 4.69) is 17.1 Å². The Morgan fingerprint density at radius 1 is 1.38 bits per heavy atom. The van der Waals surface area contributed by atoms with E-state index in [-0.39, 0.29) is 0 Å². The van der Waals surface area contributed by atoms with Crippen molar-refractivity contribution in [3.8, 4) is 0 Å². The number of aromatic amines is 1. The molecule has 1 aromatic heterocycles. The summed E-state index contributed by atoms with van der Waals surface area (Å²) in [7, 11) is 0. The average molecular weight is 236 g/mol. The van der Waals surface area contributed by atoms with Gasteiger partial charge in [-0.3, -0.25) is 5.10 Å². The zero-order valence-corrected chi connectivity index (χ0v) is 9.83. The minimum atomic E-state index is 0.294. The maximum atomic E-state index is 5.87. The zero-order chi connectivity index (χ0) is 11.5. The molecule has 1 atom stereocenters. The maximum Gasteiger partial charge on any atom is 0.145 e. The van der Waals surface area contributed by atoms with Crippen molar-refractivity contribution in [2.24, 2.45) is 0 Å². The second-order valence-electron chi connectivity index (χ2n) is 3.76. The van der Waals surface area contributed by atoms with Gasteiger partial charge in [0.05, 0.1) is 0 Å². The Bertz CT molecular complexity index is 461. The summed E-state index contributed by atoms with van der Waals surface area (Å²) in [6, 6.07) is 9.75. The summed E-state index contributed by atoms with van der Waals surface area (Å²) in [5.41, 5.74) is 7.87. The highest BCUT2D eigenvalue weighted by atomic mass is 35.5. The molecule has 0 aliphatic rings. The summed E-state index contributed by atoms with van der Waals surface area (Å²) in [6.07, 6.45) is 0.989. The number of nitrogens with zero attached hydrogens (tertiary/aromatic N) is 1. The van der Waals surface area contributed by atoms with Crippen LogP contribution in [0.1, 0.15) is 30.5 Å². The van der Waals surface area contributed by atoms with Gasteiger partial charge in [-0.15, -0.1) is 0 Å². The van der Waals surface area contributed by atoms with Crippen LogP contribution in [0.2, 0.25) is 5.02 Å². The molecule has 1 aromatic carbocycles. The van der Waals surface area contributed by atoms with Gasteiger partial charge < -0.3 is 5.73 Å². The lowest BCUT2D eigenvalue weighted by atomic mass is 9.93. The fourth-order valence-electron chi connectivity index (χ4n) is 1.86. The van der Waals surface area contributed by atoms with Crippen LogP contribution in [-0.2, 0) is 0 Å². The molecule has 1 heterocycles. The monoisotopic (exact) mass is 235 g/mol. The van der Waals surface area contributed by atoms with Crippen LogP contribution >= 0.6 is 11.6 Å². The topological polar surface area (TPSA) is 54.7 Å². The van der Waals surface area contributed by atoms with Crippen molar-refractivity contribution in [3.63, 3.8) is 0 Å². The van der Waals surface area contributed by atoms with Crippen molar-refractivity contribution in [2.45, 2.75) is 19.3 Å². The van der Waals surface area contributed by atoms with Gasteiger partial charge in [-0.05, 0) is 24.1 Å². The summed E-state index contributed by atoms with van der Waals surface area (Å²) in [5, 5.41) is 7.67. The van der Waals surface area contributed by atoms with E-state index < -0.39 is 0 Å². The first-order valence-electron chi connectivity index (χ1n) is 5.27. The summed E-state index contributed by atoms with van der Waals surface area (Å²) < 4.78 is 0. The van der Waals surface area contributed by atoms with Gasteiger partial charge in [0.15, 0.2) is 0 Å². The maximum absolute atomic E-state index is 5.87. The van der Waals surface area contributed by atoms with Crippen LogP contribution in [0, 0.1) is 0 Å². The predicted molar refractivity (Wildman–Crippen MR) is 66.6 cm³/mol.